The minimum absolute atomic E-state index is 0.251. The number of hydrogen-bond donors (Lipinski definition) is 3. The molecule has 0 bridgehead atoms. The molecule has 1 aliphatic heterocycles. The van der Waals surface area contributed by atoms with Crippen molar-refractivity contribution in [2.24, 2.45) is 10.7 Å². The molecule has 1 amide bonds. The van der Waals surface area contributed by atoms with Crippen molar-refractivity contribution in [3.05, 3.63) is 84.2 Å². The third-order valence-corrected chi connectivity index (χ3v) is 8.09. The lowest BCUT2D eigenvalue weighted by molar-refractivity contribution is -0.111. The molecule has 0 spiro atoms. The predicted molar refractivity (Wildman–Crippen MR) is 176 cm³/mol. The molecule has 42 heavy (non-hydrogen) atoms. The Kier molecular flexibility index (Phi) is 8.27. The Morgan fingerprint density at radius 1 is 1.17 bits per heavy atom. The maximum absolute atomic E-state index is 12.2. The van der Waals surface area contributed by atoms with Gasteiger partial charge in [0.15, 0.2) is 0 Å². The number of aliphatic imine (C=N–C) groups is 1. The van der Waals surface area contributed by atoms with Gasteiger partial charge >= 0.3 is 0 Å². The van der Waals surface area contributed by atoms with Crippen molar-refractivity contribution in [3.8, 4) is 22.4 Å². The minimum atomic E-state index is -0.251. The molecule has 1 aliphatic rings. The van der Waals surface area contributed by atoms with E-state index in [1.165, 1.54) is 11.8 Å². The molecule has 2 aromatic carbocycles. The van der Waals surface area contributed by atoms with Crippen molar-refractivity contribution < 1.29 is 4.79 Å². The van der Waals surface area contributed by atoms with E-state index < -0.39 is 0 Å². The molecular formula is C34H39N7O. The molecule has 3 heterocycles. The van der Waals surface area contributed by atoms with Gasteiger partial charge in [0.05, 0.1) is 5.69 Å². The summed E-state index contributed by atoms with van der Waals surface area (Å²) in [6.45, 7) is 12.8. The lowest BCUT2D eigenvalue weighted by Crippen LogP contribution is -2.50. The number of hydrogen-bond acceptors (Lipinski definition) is 6. The molecule has 0 aliphatic carbocycles. The number of nitrogens with two attached hydrogens (primary N) is 1. The van der Waals surface area contributed by atoms with Crippen LogP contribution in [0.2, 0.25) is 0 Å². The highest BCUT2D eigenvalue weighted by Gasteiger charge is 2.22. The monoisotopic (exact) mass is 561 g/mol. The molecular weight excluding hydrogens is 522 g/mol. The van der Waals surface area contributed by atoms with Crippen molar-refractivity contribution in [2.45, 2.75) is 26.8 Å². The summed E-state index contributed by atoms with van der Waals surface area (Å²) in [6, 6.07) is 17.4. The largest absolute Gasteiger partial charge is 0.402 e. The molecule has 8 heteroatoms. The van der Waals surface area contributed by atoms with Crippen molar-refractivity contribution in [1.82, 2.24) is 14.9 Å². The number of amides is 1. The number of carbonyl (C=O) groups is 1. The van der Waals surface area contributed by atoms with E-state index in [2.05, 4.69) is 82.0 Å². The summed E-state index contributed by atoms with van der Waals surface area (Å²) in [5.41, 5.74) is 16.2. The Hall–Kier alpha value is -4.69. The molecule has 1 unspecified atom stereocenters. The summed E-state index contributed by atoms with van der Waals surface area (Å²) in [5, 5.41) is 3.90. The first-order valence-electron chi connectivity index (χ1n) is 14.2. The van der Waals surface area contributed by atoms with Crippen molar-refractivity contribution in [2.75, 3.05) is 43.9 Å². The van der Waals surface area contributed by atoms with Gasteiger partial charge in [-0.1, -0.05) is 30.8 Å². The molecule has 5 rings (SSSR count). The number of nitrogens with zero attached hydrogens (tertiary/aromatic N) is 4. The van der Waals surface area contributed by atoms with Gasteiger partial charge < -0.3 is 25.8 Å². The highest BCUT2D eigenvalue weighted by Crippen LogP contribution is 2.40. The standard InChI is InChI=1S/C34H39N7O/c1-7-31(42)38-30-17-25(9-8-21(30)2)32-28-16-26(29(19-36-5)23(4)35)18-37-34(28)39-33(32)24-10-12-27(13-11-24)41-15-14-40(6)22(3)20-41/h7-13,16-19,22H,1,14-15,20,35H2,2-6H3,(H,37,39)(H,38,42)/b29-23+,36-19?. The van der Waals surface area contributed by atoms with E-state index >= 15 is 0 Å². The average Bonchev–Trinajstić information content (AvgIpc) is 3.37. The van der Waals surface area contributed by atoms with Gasteiger partial charge in [-0.25, -0.2) is 4.98 Å². The SMILES string of the molecule is C=CC(=O)Nc1cc(-c2c(-c3ccc(N4CCN(C)C(C)C4)cc3)[nH]c3ncc(/C(C=NC)=C(\C)N)cc23)ccc1C. The summed E-state index contributed by atoms with van der Waals surface area (Å²) in [5.74, 6) is -0.251. The van der Waals surface area contributed by atoms with E-state index in [1.54, 1.807) is 13.3 Å². The van der Waals surface area contributed by atoms with Crippen LogP contribution < -0.4 is 16.0 Å². The third-order valence-electron chi connectivity index (χ3n) is 8.09. The normalized spacial score (nSPS) is 16.6. The van der Waals surface area contributed by atoms with Crippen LogP contribution in [0.3, 0.4) is 0 Å². The number of aromatic nitrogens is 2. The molecule has 4 aromatic rings. The van der Waals surface area contributed by atoms with Crippen LogP contribution in [0, 0.1) is 6.92 Å². The summed E-state index contributed by atoms with van der Waals surface area (Å²) >= 11 is 0. The lowest BCUT2D eigenvalue weighted by atomic mass is 9.95. The second kappa shape index (κ2) is 12.0. The van der Waals surface area contributed by atoms with Crippen molar-refractivity contribution in [1.29, 1.82) is 0 Å². The van der Waals surface area contributed by atoms with Crippen LogP contribution in [0.5, 0.6) is 0 Å². The summed E-state index contributed by atoms with van der Waals surface area (Å²) < 4.78 is 0. The highest BCUT2D eigenvalue weighted by molar-refractivity contribution is 6.12. The Labute approximate surface area is 247 Å². The number of rotatable bonds is 7. The molecule has 2 aromatic heterocycles. The zero-order chi connectivity index (χ0) is 30.0. The smallest absolute Gasteiger partial charge is 0.247 e. The maximum atomic E-state index is 12.2. The van der Waals surface area contributed by atoms with E-state index in [0.29, 0.717) is 11.7 Å². The molecule has 0 saturated carbocycles. The summed E-state index contributed by atoms with van der Waals surface area (Å²) in [7, 11) is 3.91. The van der Waals surface area contributed by atoms with E-state index in [0.717, 1.165) is 75.4 Å². The molecule has 1 fully saturated rings. The molecule has 216 valence electrons. The predicted octanol–water partition coefficient (Wildman–Crippen LogP) is 5.86. The number of aryl methyl sites for hydroxylation is 1. The average molecular weight is 562 g/mol. The second-order valence-electron chi connectivity index (χ2n) is 11.0. The number of nitrogens with one attached hydrogen (secondary N) is 2. The number of allylic oxidation sites excluding steroid dienone is 2. The van der Waals surface area contributed by atoms with Gasteiger partial charge in [0.1, 0.15) is 5.65 Å². The topological polar surface area (TPSA) is 103 Å². The molecule has 8 nitrogen and oxygen atoms in total. The second-order valence-corrected chi connectivity index (χ2v) is 11.0. The van der Waals surface area contributed by atoms with Crippen LogP contribution in [0.1, 0.15) is 25.0 Å². The van der Waals surface area contributed by atoms with Gasteiger partial charge in [0, 0.05) is 84.3 Å². The molecule has 1 saturated heterocycles. The van der Waals surface area contributed by atoms with Crippen molar-refractivity contribution in [3.63, 3.8) is 0 Å². The van der Waals surface area contributed by atoms with E-state index in [4.69, 9.17) is 10.7 Å². The molecule has 0 radical (unpaired) electrons. The number of anilines is 2. The number of likely N-dealkylation sites (N-methyl/N-ethyl adjacent to an activating group) is 1. The number of carbonyl (C=O) groups excluding carboxylic acids is 1. The quantitative estimate of drug-likeness (QED) is 0.194. The number of H-pyrrole nitrogens is 1. The van der Waals surface area contributed by atoms with E-state index in [9.17, 15) is 4.79 Å². The van der Waals surface area contributed by atoms with Gasteiger partial charge in [0.2, 0.25) is 5.91 Å². The van der Waals surface area contributed by atoms with E-state index in [1.807, 2.05) is 32.2 Å². The van der Waals surface area contributed by atoms with Crippen LogP contribution in [0.15, 0.2) is 78.1 Å². The fourth-order valence-corrected chi connectivity index (χ4v) is 5.49. The van der Waals surface area contributed by atoms with E-state index in [-0.39, 0.29) is 5.91 Å². The summed E-state index contributed by atoms with van der Waals surface area (Å²) in [4.78, 5) is 29.6. The van der Waals surface area contributed by atoms with Gasteiger partial charge in [-0.05, 0) is 74.9 Å². The van der Waals surface area contributed by atoms with Crippen LogP contribution in [0.4, 0.5) is 11.4 Å². The van der Waals surface area contributed by atoms with Crippen LogP contribution in [-0.2, 0) is 4.79 Å². The highest BCUT2D eigenvalue weighted by atomic mass is 16.1. The number of benzene rings is 2. The zero-order valence-corrected chi connectivity index (χ0v) is 25.0. The fraction of sp³-hybridized carbons (Fsp3) is 0.265. The minimum Gasteiger partial charge on any atom is -0.402 e. The summed E-state index contributed by atoms with van der Waals surface area (Å²) in [6.07, 6.45) is 4.86. The van der Waals surface area contributed by atoms with Gasteiger partial charge in [-0.2, -0.15) is 0 Å². The number of piperazine rings is 1. The Balaban J connectivity index is 1.66. The van der Waals surface area contributed by atoms with Gasteiger partial charge in [-0.3, -0.25) is 9.79 Å². The number of pyridine rings is 1. The lowest BCUT2D eigenvalue weighted by Gasteiger charge is -2.39. The number of aromatic amines is 1. The molecule has 4 N–H and O–H groups in total. The first kappa shape index (κ1) is 28.8. The Morgan fingerprint density at radius 2 is 1.90 bits per heavy atom. The van der Waals surface area contributed by atoms with Crippen LogP contribution in [-0.4, -0.2) is 66.8 Å². The Morgan fingerprint density at radius 3 is 2.57 bits per heavy atom. The number of fused-ring (bicyclic) bond motifs is 1. The van der Waals surface area contributed by atoms with Crippen LogP contribution >= 0.6 is 0 Å². The van der Waals surface area contributed by atoms with Crippen LogP contribution in [0.25, 0.3) is 39.0 Å². The van der Waals surface area contributed by atoms with Crippen molar-refractivity contribution >= 4 is 40.1 Å². The Bertz CT molecular complexity index is 1690. The van der Waals surface area contributed by atoms with Gasteiger partial charge in [0.25, 0.3) is 0 Å². The first-order valence-corrected chi connectivity index (χ1v) is 14.2. The molecule has 1 atom stereocenters. The maximum Gasteiger partial charge on any atom is 0.247 e. The van der Waals surface area contributed by atoms with Gasteiger partial charge in [-0.15, -0.1) is 0 Å². The zero-order valence-electron chi connectivity index (χ0n) is 25.0. The first-order chi connectivity index (χ1) is 20.2. The fourth-order valence-electron chi connectivity index (χ4n) is 5.49. The third kappa shape index (κ3) is 5.71.